The summed E-state index contributed by atoms with van der Waals surface area (Å²) in [5, 5.41) is 3.24. The Morgan fingerprint density at radius 3 is 2.22 bits per heavy atom. The van der Waals surface area contributed by atoms with E-state index in [9.17, 15) is 0 Å². The monoisotopic (exact) mass is 497 g/mol. The van der Waals surface area contributed by atoms with Crippen molar-refractivity contribution in [3.05, 3.63) is 67.1 Å². The number of hydrogen-bond donors (Lipinski definition) is 2. The number of ether oxygens (including phenoxy) is 1. The summed E-state index contributed by atoms with van der Waals surface area (Å²) in [5.41, 5.74) is 12.8. The van der Waals surface area contributed by atoms with Gasteiger partial charge in [-0.3, -0.25) is 10.3 Å². The Kier molecular flexibility index (Phi) is 6.78. The molecule has 1 saturated heterocycles. The smallest absolute Gasteiger partial charge is 0.146 e. The molecule has 8 nitrogen and oxygen atoms in total. The van der Waals surface area contributed by atoms with Crippen LogP contribution in [-0.4, -0.2) is 63.7 Å². The fourth-order valence-corrected chi connectivity index (χ4v) is 5.94. The highest BCUT2D eigenvalue weighted by molar-refractivity contribution is 6.00. The summed E-state index contributed by atoms with van der Waals surface area (Å²) < 4.78 is 8.34. The molecule has 2 aromatic heterocycles. The summed E-state index contributed by atoms with van der Waals surface area (Å²) in [6.45, 7) is 4.46. The van der Waals surface area contributed by atoms with Crippen LogP contribution in [0.1, 0.15) is 31.7 Å². The first-order valence-electron chi connectivity index (χ1n) is 13.3. The zero-order valence-corrected chi connectivity index (χ0v) is 21.4. The second kappa shape index (κ2) is 10.5. The molecule has 6 rings (SSSR count). The molecule has 1 aliphatic heterocycles. The number of rotatable bonds is 6. The molecular formula is C29H35N7O. The topological polar surface area (TPSA) is 84.5 Å². The average molecular weight is 498 g/mol. The van der Waals surface area contributed by atoms with Crippen LogP contribution in [0.4, 0.5) is 5.82 Å². The van der Waals surface area contributed by atoms with Gasteiger partial charge in [0.25, 0.3) is 0 Å². The van der Waals surface area contributed by atoms with Gasteiger partial charge in [0.15, 0.2) is 0 Å². The van der Waals surface area contributed by atoms with Gasteiger partial charge in [0.1, 0.15) is 29.3 Å². The van der Waals surface area contributed by atoms with Gasteiger partial charge in [0.05, 0.1) is 5.39 Å². The number of piperazine rings is 1. The number of para-hydroxylation sites is 1. The standard InChI is InChI=1S/C29H35N7O/c1-31-35-17-15-34(16-18-35)22-9-11-23(12-10-22)36-19-26(27-28(30)32-20-33-29(27)36)21-7-13-25(14-8-21)37-24-5-3-2-4-6-24/h2-8,13-14,19-20,22-23,31H,9-12,15-18H2,1H3,(H2,30,32,33). The van der Waals surface area contributed by atoms with Gasteiger partial charge in [0, 0.05) is 50.0 Å². The van der Waals surface area contributed by atoms with Crippen molar-refractivity contribution in [3.63, 3.8) is 0 Å². The molecule has 192 valence electrons. The minimum Gasteiger partial charge on any atom is -0.457 e. The Hall–Kier alpha value is -3.46. The first kappa shape index (κ1) is 23.9. The molecule has 0 unspecified atom stereocenters. The van der Waals surface area contributed by atoms with E-state index in [1.807, 2.05) is 49.5 Å². The average Bonchev–Trinajstić information content (AvgIpc) is 3.35. The van der Waals surface area contributed by atoms with Gasteiger partial charge in [-0.15, -0.1) is 0 Å². The van der Waals surface area contributed by atoms with E-state index in [0.717, 1.165) is 72.7 Å². The first-order valence-corrected chi connectivity index (χ1v) is 13.3. The number of benzene rings is 2. The normalized spacial score (nSPS) is 21.3. The molecular weight excluding hydrogens is 462 g/mol. The van der Waals surface area contributed by atoms with Crippen LogP contribution >= 0.6 is 0 Å². The van der Waals surface area contributed by atoms with Crippen molar-refractivity contribution < 1.29 is 4.74 Å². The van der Waals surface area contributed by atoms with Gasteiger partial charge in [-0.25, -0.2) is 15.0 Å². The van der Waals surface area contributed by atoms with Crippen molar-refractivity contribution in [1.29, 1.82) is 0 Å². The zero-order valence-electron chi connectivity index (χ0n) is 21.4. The lowest BCUT2D eigenvalue weighted by molar-refractivity contribution is 0.0524. The lowest BCUT2D eigenvalue weighted by atomic mass is 9.89. The molecule has 2 aromatic carbocycles. The lowest BCUT2D eigenvalue weighted by Crippen LogP contribution is -2.54. The van der Waals surface area contributed by atoms with Gasteiger partial charge in [-0.05, 0) is 62.6 Å². The van der Waals surface area contributed by atoms with E-state index < -0.39 is 0 Å². The Bertz CT molecular complexity index is 1320. The van der Waals surface area contributed by atoms with Crippen LogP contribution in [0.15, 0.2) is 67.1 Å². The molecule has 0 amide bonds. The highest BCUT2D eigenvalue weighted by Gasteiger charge is 2.30. The summed E-state index contributed by atoms with van der Waals surface area (Å²) in [4.78, 5) is 11.7. The van der Waals surface area contributed by atoms with Crippen LogP contribution in [0.3, 0.4) is 0 Å². The van der Waals surface area contributed by atoms with Gasteiger partial charge < -0.3 is 15.0 Å². The van der Waals surface area contributed by atoms with E-state index in [4.69, 9.17) is 10.5 Å². The lowest BCUT2D eigenvalue weighted by Gasteiger charge is -2.42. The van der Waals surface area contributed by atoms with Crippen LogP contribution < -0.4 is 15.9 Å². The summed E-state index contributed by atoms with van der Waals surface area (Å²) in [6.07, 6.45) is 8.54. The number of fused-ring (bicyclic) bond motifs is 1. The molecule has 8 heteroatoms. The second-order valence-corrected chi connectivity index (χ2v) is 10.1. The molecule has 2 aliphatic rings. The minimum absolute atomic E-state index is 0.418. The summed E-state index contributed by atoms with van der Waals surface area (Å²) in [5.74, 6) is 2.15. The van der Waals surface area contributed by atoms with E-state index in [0.29, 0.717) is 17.9 Å². The predicted octanol–water partition coefficient (Wildman–Crippen LogP) is 4.71. The highest BCUT2D eigenvalue weighted by Crippen LogP contribution is 2.39. The van der Waals surface area contributed by atoms with Crippen molar-refractivity contribution >= 4 is 16.9 Å². The van der Waals surface area contributed by atoms with Gasteiger partial charge in [-0.2, -0.15) is 0 Å². The first-order chi connectivity index (χ1) is 18.2. The maximum Gasteiger partial charge on any atom is 0.146 e. The van der Waals surface area contributed by atoms with Gasteiger partial charge >= 0.3 is 0 Å². The fraction of sp³-hybridized carbons (Fsp3) is 0.379. The van der Waals surface area contributed by atoms with Crippen LogP contribution in [0.2, 0.25) is 0 Å². The largest absolute Gasteiger partial charge is 0.457 e. The van der Waals surface area contributed by atoms with Crippen molar-refractivity contribution in [2.45, 2.75) is 37.8 Å². The number of hydrazine groups is 1. The van der Waals surface area contributed by atoms with E-state index in [1.54, 1.807) is 6.33 Å². The number of hydrogen-bond acceptors (Lipinski definition) is 7. The van der Waals surface area contributed by atoms with E-state index in [-0.39, 0.29) is 0 Å². The molecule has 4 aromatic rings. The Labute approximate surface area is 218 Å². The van der Waals surface area contributed by atoms with Crippen molar-refractivity contribution in [2.75, 3.05) is 39.0 Å². The fourth-order valence-electron chi connectivity index (χ4n) is 5.94. The molecule has 3 heterocycles. The second-order valence-electron chi connectivity index (χ2n) is 10.1. The highest BCUT2D eigenvalue weighted by atomic mass is 16.5. The Morgan fingerprint density at radius 2 is 1.51 bits per heavy atom. The molecule has 3 N–H and O–H groups in total. The van der Waals surface area contributed by atoms with Crippen LogP contribution in [-0.2, 0) is 0 Å². The zero-order chi connectivity index (χ0) is 25.2. The maximum absolute atomic E-state index is 6.41. The van der Waals surface area contributed by atoms with Crippen LogP contribution in [0.25, 0.3) is 22.2 Å². The number of nitrogens with one attached hydrogen (secondary N) is 1. The van der Waals surface area contributed by atoms with Gasteiger partial charge in [0.2, 0.25) is 0 Å². The molecule has 0 bridgehead atoms. The molecule has 1 aliphatic carbocycles. The Balaban J connectivity index is 1.21. The maximum atomic E-state index is 6.41. The molecule has 0 radical (unpaired) electrons. The third-order valence-corrected chi connectivity index (χ3v) is 7.99. The number of nitrogens with two attached hydrogens (primary N) is 1. The molecule has 0 atom stereocenters. The number of anilines is 1. The van der Waals surface area contributed by atoms with Crippen LogP contribution in [0, 0.1) is 0 Å². The van der Waals surface area contributed by atoms with E-state index >= 15 is 0 Å². The van der Waals surface area contributed by atoms with Crippen molar-refractivity contribution in [2.24, 2.45) is 0 Å². The van der Waals surface area contributed by atoms with E-state index in [2.05, 4.69) is 48.2 Å². The van der Waals surface area contributed by atoms with Crippen LogP contribution in [0.5, 0.6) is 11.5 Å². The number of aromatic nitrogens is 3. The predicted molar refractivity (Wildman–Crippen MR) is 147 cm³/mol. The van der Waals surface area contributed by atoms with Crippen molar-refractivity contribution in [1.82, 2.24) is 29.9 Å². The van der Waals surface area contributed by atoms with E-state index in [1.165, 1.54) is 12.8 Å². The van der Waals surface area contributed by atoms with Crippen molar-refractivity contribution in [3.8, 4) is 22.6 Å². The molecule has 0 spiro atoms. The molecule has 1 saturated carbocycles. The molecule has 37 heavy (non-hydrogen) atoms. The van der Waals surface area contributed by atoms with Gasteiger partial charge in [-0.1, -0.05) is 30.3 Å². The Morgan fingerprint density at radius 1 is 0.838 bits per heavy atom. The number of nitrogens with zero attached hydrogens (tertiary/aromatic N) is 5. The minimum atomic E-state index is 0.418. The summed E-state index contributed by atoms with van der Waals surface area (Å²) in [7, 11) is 2.01. The molecule has 2 fully saturated rings. The summed E-state index contributed by atoms with van der Waals surface area (Å²) >= 11 is 0. The summed E-state index contributed by atoms with van der Waals surface area (Å²) in [6, 6.07) is 19.1. The number of nitrogen functional groups attached to an aromatic ring is 1. The SMILES string of the molecule is CNN1CCN(C2CCC(n3cc(-c4ccc(Oc5ccccc5)cc4)c4c(N)ncnc43)CC2)CC1. The quantitative estimate of drug-likeness (QED) is 0.399. The third-order valence-electron chi connectivity index (χ3n) is 7.99. The third kappa shape index (κ3) is 4.92.